The minimum Gasteiger partial charge on any atom is -0.388 e. The monoisotopic (exact) mass is 166 g/mol. The zero-order valence-corrected chi connectivity index (χ0v) is 6.50. The highest BCUT2D eigenvalue weighted by atomic mass is 35.5. The SMILES string of the molecule is CC(O)C(=S)CC(=O)Cl. The van der Waals surface area contributed by atoms with Crippen molar-refractivity contribution >= 4 is 33.9 Å². The van der Waals surface area contributed by atoms with Crippen molar-refractivity contribution in [3.05, 3.63) is 0 Å². The molecule has 0 aliphatic rings. The van der Waals surface area contributed by atoms with Crippen LogP contribution >= 0.6 is 23.8 Å². The first-order valence-corrected chi connectivity index (χ1v) is 3.21. The lowest BCUT2D eigenvalue weighted by molar-refractivity contribution is -0.110. The first-order valence-electron chi connectivity index (χ1n) is 2.43. The quantitative estimate of drug-likeness (QED) is 0.500. The molecular formula is C5H7ClO2S. The van der Waals surface area contributed by atoms with Crippen LogP contribution in [0.5, 0.6) is 0 Å². The Kier molecular flexibility index (Phi) is 3.93. The Bertz CT molecular complexity index is 133. The molecule has 0 aromatic carbocycles. The molecule has 52 valence electrons. The van der Waals surface area contributed by atoms with Gasteiger partial charge in [0.1, 0.15) is 0 Å². The number of carbonyl (C=O) groups is 1. The summed E-state index contributed by atoms with van der Waals surface area (Å²) in [5.41, 5.74) is 0. The van der Waals surface area contributed by atoms with Crippen molar-refractivity contribution in [2.24, 2.45) is 0 Å². The second-order valence-electron chi connectivity index (χ2n) is 1.67. The van der Waals surface area contributed by atoms with Gasteiger partial charge in [-0.3, -0.25) is 4.79 Å². The summed E-state index contributed by atoms with van der Waals surface area (Å²) >= 11 is 9.58. The third kappa shape index (κ3) is 4.51. The molecule has 0 bridgehead atoms. The van der Waals surface area contributed by atoms with E-state index < -0.39 is 11.3 Å². The van der Waals surface area contributed by atoms with Gasteiger partial charge in [0.25, 0.3) is 0 Å². The molecule has 4 heteroatoms. The summed E-state index contributed by atoms with van der Waals surface area (Å²) in [5.74, 6) is 0. The topological polar surface area (TPSA) is 37.3 Å². The predicted molar refractivity (Wildman–Crippen MR) is 39.8 cm³/mol. The van der Waals surface area contributed by atoms with E-state index in [2.05, 4.69) is 12.2 Å². The molecule has 0 aromatic heterocycles. The Labute approximate surface area is 63.8 Å². The first kappa shape index (κ1) is 9.01. The molecule has 1 N–H and O–H groups in total. The minimum atomic E-state index is -0.720. The summed E-state index contributed by atoms with van der Waals surface area (Å²) in [6, 6.07) is 0. The third-order valence-electron chi connectivity index (χ3n) is 0.779. The van der Waals surface area contributed by atoms with Crippen LogP contribution in [0, 0.1) is 0 Å². The second-order valence-corrected chi connectivity index (χ2v) is 2.62. The molecule has 0 radical (unpaired) electrons. The summed E-state index contributed by atoms with van der Waals surface area (Å²) in [6.07, 6.45) is -0.739. The molecule has 1 atom stereocenters. The third-order valence-corrected chi connectivity index (χ3v) is 1.40. The number of hydrogen-bond donors (Lipinski definition) is 1. The van der Waals surface area contributed by atoms with Crippen LogP contribution in [0.25, 0.3) is 0 Å². The lowest BCUT2D eigenvalue weighted by atomic mass is 10.2. The van der Waals surface area contributed by atoms with Gasteiger partial charge < -0.3 is 5.11 Å². The van der Waals surface area contributed by atoms with Crippen LogP contribution in [0.2, 0.25) is 0 Å². The van der Waals surface area contributed by atoms with E-state index in [9.17, 15) is 4.79 Å². The van der Waals surface area contributed by atoms with Crippen LogP contribution in [-0.4, -0.2) is 21.3 Å². The molecule has 2 nitrogen and oxygen atoms in total. The maximum Gasteiger partial charge on any atom is 0.226 e. The Balaban J connectivity index is 3.64. The van der Waals surface area contributed by atoms with Gasteiger partial charge >= 0.3 is 0 Å². The summed E-state index contributed by atoms with van der Waals surface area (Å²) in [5, 5.41) is 8.19. The van der Waals surface area contributed by atoms with E-state index in [1.165, 1.54) is 6.92 Å². The van der Waals surface area contributed by atoms with Gasteiger partial charge in [0, 0.05) is 4.86 Å². The Morgan fingerprint density at radius 2 is 2.33 bits per heavy atom. The smallest absolute Gasteiger partial charge is 0.226 e. The minimum absolute atomic E-state index is 0.0193. The van der Waals surface area contributed by atoms with Gasteiger partial charge in [-0.15, -0.1) is 0 Å². The lowest BCUT2D eigenvalue weighted by Crippen LogP contribution is -2.15. The molecule has 9 heavy (non-hydrogen) atoms. The number of aliphatic hydroxyl groups excluding tert-OH is 1. The molecule has 0 heterocycles. The summed E-state index contributed by atoms with van der Waals surface area (Å²) < 4.78 is 0. The average molecular weight is 167 g/mol. The molecule has 1 unspecified atom stereocenters. The summed E-state index contributed by atoms with van der Waals surface area (Å²) in [4.78, 5) is 10.4. The highest BCUT2D eigenvalue weighted by Gasteiger charge is 2.07. The Hall–Kier alpha value is 0.01000. The van der Waals surface area contributed by atoms with Crippen LogP contribution < -0.4 is 0 Å². The van der Waals surface area contributed by atoms with Gasteiger partial charge in [-0.25, -0.2) is 0 Å². The van der Waals surface area contributed by atoms with Crippen molar-refractivity contribution in [3.8, 4) is 0 Å². The highest BCUT2D eigenvalue weighted by molar-refractivity contribution is 7.80. The lowest BCUT2D eigenvalue weighted by Gasteiger charge is -2.00. The number of aliphatic hydroxyl groups is 1. The maximum absolute atomic E-state index is 10.1. The molecule has 0 saturated carbocycles. The van der Waals surface area contributed by atoms with Crippen LogP contribution in [0.3, 0.4) is 0 Å². The normalized spacial score (nSPS) is 12.8. The van der Waals surface area contributed by atoms with Crippen molar-refractivity contribution in [2.75, 3.05) is 0 Å². The van der Waals surface area contributed by atoms with Crippen LogP contribution in [0.15, 0.2) is 0 Å². The Morgan fingerprint density at radius 3 is 2.44 bits per heavy atom. The standard InChI is InChI=1S/C5H7ClO2S/c1-3(7)4(9)2-5(6)8/h3,7H,2H2,1H3. The van der Waals surface area contributed by atoms with Gasteiger partial charge in [0.15, 0.2) is 0 Å². The molecule has 0 aliphatic carbocycles. The van der Waals surface area contributed by atoms with Gasteiger partial charge in [0.2, 0.25) is 5.24 Å². The van der Waals surface area contributed by atoms with E-state index in [4.69, 9.17) is 16.7 Å². The Morgan fingerprint density at radius 1 is 1.89 bits per heavy atom. The van der Waals surface area contributed by atoms with Crippen LogP contribution in [0.1, 0.15) is 13.3 Å². The van der Waals surface area contributed by atoms with Gasteiger partial charge in [-0.2, -0.15) is 0 Å². The molecule has 0 fully saturated rings. The van der Waals surface area contributed by atoms with Crippen molar-refractivity contribution in [3.63, 3.8) is 0 Å². The van der Waals surface area contributed by atoms with E-state index in [0.717, 1.165) is 0 Å². The van der Waals surface area contributed by atoms with Gasteiger partial charge in [0.05, 0.1) is 12.5 Å². The summed E-state index contributed by atoms with van der Waals surface area (Å²) in [7, 11) is 0. The zero-order chi connectivity index (χ0) is 7.44. The van der Waals surface area contributed by atoms with Crippen molar-refractivity contribution in [1.82, 2.24) is 0 Å². The largest absolute Gasteiger partial charge is 0.388 e. The fourth-order valence-corrected chi connectivity index (χ4v) is 0.639. The van der Waals surface area contributed by atoms with E-state index in [1.807, 2.05) is 0 Å². The number of rotatable bonds is 3. The van der Waals surface area contributed by atoms with Gasteiger partial charge in [-0.1, -0.05) is 12.2 Å². The van der Waals surface area contributed by atoms with E-state index >= 15 is 0 Å². The summed E-state index contributed by atoms with van der Waals surface area (Å²) in [6.45, 7) is 1.50. The van der Waals surface area contributed by atoms with Crippen molar-refractivity contribution < 1.29 is 9.90 Å². The number of carbonyl (C=O) groups excluding carboxylic acids is 1. The average Bonchev–Trinajstić information content (AvgIpc) is 1.63. The van der Waals surface area contributed by atoms with Crippen LogP contribution in [-0.2, 0) is 4.79 Å². The molecule has 0 spiro atoms. The zero-order valence-electron chi connectivity index (χ0n) is 4.93. The van der Waals surface area contributed by atoms with Crippen LogP contribution in [0.4, 0.5) is 0 Å². The molecule has 0 aliphatic heterocycles. The number of hydrogen-bond acceptors (Lipinski definition) is 3. The number of halogens is 1. The molecule has 0 saturated heterocycles. The van der Waals surface area contributed by atoms with Crippen molar-refractivity contribution in [1.29, 1.82) is 0 Å². The fourth-order valence-electron chi connectivity index (χ4n) is 0.285. The van der Waals surface area contributed by atoms with Gasteiger partial charge in [-0.05, 0) is 18.5 Å². The first-order chi connectivity index (χ1) is 4.04. The van der Waals surface area contributed by atoms with E-state index in [0.29, 0.717) is 0 Å². The second kappa shape index (κ2) is 3.93. The number of thiocarbonyl (C=S) groups is 1. The highest BCUT2D eigenvalue weighted by Crippen LogP contribution is 1.97. The molecule has 0 amide bonds. The molecule has 0 aromatic rings. The molecule has 0 rings (SSSR count). The fraction of sp³-hybridized carbons (Fsp3) is 0.600. The maximum atomic E-state index is 10.1. The van der Waals surface area contributed by atoms with E-state index in [1.54, 1.807) is 0 Å². The molecular weight excluding hydrogens is 160 g/mol. The predicted octanol–water partition coefficient (Wildman–Crippen LogP) is 0.893. The van der Waals surface area contributed by atoms with E-state index in [-0.39, 0.29) is 11.3 Å². The van der Waals surface area contributed by atoms with Crippen molar-refractivity contribution in [2.45, 2.75) is 19.4 Å².